The number of pyridine rings is 1. The van der Waals surface area contributed by atoms with Gasteiger partial charge in [-0.15, -0.1) is 0 Å². The Morgan fingerprint density at radius 2 is 2.18 bits per heavy atom. The third-order valence-corrected chi connectivity index (χ3v) is 2.89. The number of aromatic nitrogens is 1. The quantitative estimate of drug-likeness (QED) is 0.803. The molecule has 0 aliphatic heterocycles. The zero-order chi connectivity index (χ0) is 12.1. The number of halogens is 2. The van der Waals surface area contributed by atoms with E-state index in [2.05, 4.69) is 20.9 Å². The Kier molecular flexibility index (Phi) is 4.09. The fraction of sp³-hybridized carbons (Fsp3) is 0.154. The van der Waals surface area contributed by atoms with Gasteiger partial charge in [-0.25, -0.2) is 4.39 Å². The van der Waals surface area contributed by atoms with Crippen LogP contribution < -0.4 is 4.74 Å². The summed E-state index contributed by atoms with van der Waals surface area (Å²) in [6, 6.07) is 8.29. The van der Waals surface area contributed by atoms with Gasteiger partial charge in [0, 0.05) is 28.9 Å². The second-order valence-corrected chi connectivity index (χ2v) is 4.10. The van der Waals surface area contributed by atoms with Crippen LogP contribution in [0.5, 0.6) is 5.75 Å². The first-order chi connectivity index (χ1) is 8.29. The van der Waals surface area contributed by atoms with Gasteiger partial charge in [-0.3, -0.25) is 4.98 Å². The van der Waals surface area contributed by atoms with Crippen molar-refractivity contribution in [3.63, 3.8) is 0 Å². The summed E-state index contributed by atoms with van der Waals surface area (Å²) >= 11 is 3.31. The maximum Gasteiger partial charge on any atom is 0.124 e. The molecule has 0 saturated carbocycles. The highest BCUT2D eigenvalue weighted by molar-refractivity contribution is 9.08. The van der Waals surface area contributed by atoms with E-state index >= 15 is 0 Å². The third kappa shape index (κ3) is 3.27. The Bertz CT molecular complexity index is 490. The standard InChI is InChI=1S/C13H11BrFNO/c14-7-11-6-12(15)3-4-13(11)17-9-10-2-1-5-16-8-10/h1-6,8H,7,9H2. The minimum Gasteiger partial charge on any atom is -0.489 e. The van der Waals surface area contributed by atoms with E-state index in [0.29, 0.717) is 17.7 Å². The smallest absolute Gasteiger partial charge is 0.124 e. The maximum absolute atomic E-state index is 13.0. The van der Waals surface area contributed by atoms with E-state index < -0.39 is 0 Å². The second-order valence-electron chi connectivity index (χ2n) is 3.54. The summed E-state index contributed by atoms with van der Waals surface area (Å²) in [6.45, 7) is 0.430. The lowest BCUT2D eigenvalue weighted by atomic mass is 10.2. The summed E-state index contributed by atoms with van der Waals surface area (Å²) in [7, 11) is 0. The Morgan fingerprint density at radius 3 is 2.88 bits per heavy atom. The van der Waals surface area contributed by atoms with Crippen LogP contribution in [-0.4, -0.2) is 4.98 Å². The molecule has 0 unspecified atom stereocenters. The van der Waals surface area contributed by atoms with Crippen molar-refractivity contribution in [2.75, 3.05) is 0 Å². The SMILES string of the molecule is Fc1ccc(OCc2cccnc2)c(CBr)c1. The normalized spacial score (nSPS) is 10.2. The maximum atomic E-state index is 13.0. The number of ether oxygens (including phenoxy) is 1. The molecule has 2 nitrogen and oxygen atoms in total. The van der Waals surface area contributed by atoms with Gasteiger partial charge in [-0.05, 0) is 24.3 Å². The molecule has 0 aliphatic rings. The average Bonchev–Trinajstić information content (AvgIpc) is 2.38. The molecule has 4 heteroatoms. The van der Waals surface area contributed by atoms with Crippen LogP contribution in [0.4, 0.5) is 4.39 Å². The highest BCUT2D eigenvalue weighted by atomic mass is 79.9. The minimum absolute atomic E-state index is 0.256. The summed E-state index contributed by atoms with van der Waals surface area (Å²) < 4.78 is 18.6. The molecule has 1 heterocycles. The van der Waals surface area contributed by atoms with Crippen LogP contribution in [0, 0.1) is 5.82 Å². The van der Waals surface area contributed by atoms with Crippen molar-refractivity contribution < 1.29 is 9.13 Å². The van der Waals surface area contributed by atoms with Crippen LogP contribution in [0.25, 0.3) is 0 Å². The Labute approximate surface area is 108 Å². The fourth-order valence-corrected chi connectivity index (χ4v) is 1.88. The molecule has 2 rings (SSSR count). The molecule has 0 amide bonds. The summed E-state index contributed by atoms with van der Waals surface area (Å²) in [6.07, 6.45) is 3.46. The summed E-state index contributed by atoms with van der Waals surface area (Å²) in [4.78, 5) is 4.00. The Morgan fingerprint density at radius 1 is 1.29 bits per heavy atom. The van der Waals surface area contributed by atoms with Gasteiger partial charge < -0.3 is 4.74 Å². The molecule has 2 aromatic rings. The van der Waals surface area contributed by atoms with Gasteiger partial charge in [0.25, 0.3) is 0 Å². The fourth-order valence-electron chi connectivity index (χ4n) is 1.44. The molecule has 0 spiro atoms. The molecule has 17 heavy (non-hydrogen) atoms. The number of rotatable bonds is 4. The van der Waals surface area contributed by atoms with E-state index in [1.807, 2.05) is 12.1 Å². The number of hydrogen-bond acceptors (Lipinski definition) is 2. The number of benzene rings is 1. The molecule has 0 bridgehead atoms. The molecular formula is C13H11BrFNO. The van der Waals surface area contributed by atoms with Crippen molar-refractivity contribution in [3.05, 3.63) is 59.7 Å². The summed E-state index contributed by atoms with van der Waals surface area (Å²) in [5.74, 6) is 0.431. The van der Waals surface area contributed by atoms with E-state index in [1.54, 1.807) is 18.5 Å². The van der Waals surface area contributed by atoms with Gasteiger partial charge >= 0.3 is 0 Å². The first-order valence-corrected chi connectivity index (χ1v) is 6.28. The van der Waals surface area contributed by atoms with Crippen molar-refractivity contribution >= 4 is 15.9 Å². The van der Waals surface area contributed by atoms with Crippen molar-refractivity contribution in [2.45, 2.75) is 11.9 Å². The molecule has 0 saturated heterocycles. The number of hydrogen-bond donors (Lipinski definition) is 0. The van der Waals surface area contributed by atoms with E-state index in [1.165, 1.54) is 12.1 Å². The van der Waals surface area contributed by atoms with Gasteiger partial charge in [-0.2, -0.15) is 0 Å². The predicted octanol–water partition coefficient (Wildman–Crippen LogP) is 3.69. The van der Waals surface area contributed by atoms with Gasteiger partial charge in [0.15, 0.2) is 0 Å². The number of nitrogens with zero attached hydrogens (tertiary/aromatic N) is 1. The molecule has 0 atom stereocenters. The largest absolute Gasteiger partial charge is 0.489 e. The monoisotopic (exact) mass is 295 g/mol. The third-order valence-electron chi connectivity index (χ3n) is 2.28. The lowest BCUT2D eigenvalue weighted by Crippen LogP contribution is -1.98. The molecule has 88 valence electrons. The molecule has 0 N–H and O–H groups in total. The lowest BCUT2D eigenvalue weighted by Gasteiger charge is -2.09. The van der Waals surface area contributed by atoms with Crippen LogP contribution in [0.1, 0.15) is 11.1 Å². The minimum atomic E-state index is -0.256. The first-order valence-electron chi connectivity index (χ1n) is 5.15. The van der Waals surface area contributed by atoms with Crippen molar-refractivity contribution in [3.8, 4) is 5.75 Å². The average molecular weight is 296 g/mol. The molecule has 0 aliphatic carbocycles. The zero-order valence-corrected chi connectivity index (χ0v) is 10.7. The van der Waals surface area contributed by atoms with Crippen LogP contribution in [0.15, 0.2) is 42.7 Å². The predicted molar refractivity (Wildman–Crippen MR) is 67.6 cm³/mol. The van der Waals surface area contributed by atoms with Gasteiger partial charge in [0.05, 0.1) is 0 Å². The van der Waals surface area contributed by atoms with Crippen LogP contribution in [-0.2, 0) is 11.9 Å². The highest BCUT2D eigenvalue weighted by Gasteiger charge is 2.04. The number of alkyl halides is 1. The molecule has 1 aromatic heterocycles. The van der Waals surface area contributed by atoms with Gasteiger partial charge in [-0.1, -0.05) is 22.0 Å². The van der Waals surface area contributed by atoms with E-state index in [-0.39, 0.29) is 5.82 Å². The van der Waals surface area contributed by atoms with Gasteiger partial charge in [0.1, 0.15) is 18.2 Å². The first kappa shape index (κ1) is 12.0. The molecule has 0 fully saturated rings. The van der Waals surface area contributed by atoms with E-state index in [9.17, 15) is 4.39 Å². The van der Waals surface area contributed by atoms with E-state index in [4.69, 9.17) is 4.74 Å². The topological polar surface area (TPSA) is 22.1 Å². The Hall–Kier alpha value is -1.42. The van der Waals surface area contributed by atoms with Crippen LogP contribution in [0.3, 0.4) is 0 Å². The second kappa shape index (κ2) is 5.77. The van der Waals surface area contributed by atoms with Crippen molar-refractivity contribution in [2.24, 2.45) is 0 Å². The summed E-state index contributed by atoms with van der Waals surface area (Å²) in [5, 5.41) is 0.563. The van der Waals surface area contributed by atoms with Crippen molar-refractivity contribution in [1.82, 2.24) is 4.98 Å². The summed E-state index contributed by atoms with van der Waals surface area (Å²) in [5.41, 5.74) is 1.78. The molecule has 0 radical (unpaired) electrons. The lowest BCUT2D eigenvalue weighted by molar-refractivity contribution is 0.303. The van der Waals surface area contributed by atoms with Crippen LogP contribution in [0.2, 0.25) is 0 Å². The highest BCUT2D eigenvalue weighted by Crippen LogP contribution is 2.23. The Balaban J connectivity index is 2.09. The molecular weight excluding hydrogens is 285 g/mol. The van der Waals surface area contributed by atoms with Crippen LogP contribution >= 0.6 is 15.9 Å². The van der Waals surface area contributed by atoms with E-state index in [0.717, 1.165) is 11.1 Å². The zero-order valence-electron chi connectivity index (χ0n) is 9.07. The van der Waals surface area contributed by atoms with Gasteiger partial charge in [0.2, 0.25) is 0 Å². The molecule has 1 aromatic carbocycles. The van der Waals surface area contributed by atoms with Crippen molar-refractivity contribution in [1.29, 1.82) is 0 Å².